The van der Waals surface area contributed by atoms with E-state index in [1.54, 1.807) is 0 Å². The van der Waals surface area contributed by atoms with E-state index in [0.717, 1.165) is 32.9 Å². The minimum atomic E-state index is 0.808. The Balaban J connectivity index is 1.78. The Morgan fingerprint density at radius 1 is 0.500 bits per heavy atom. The molecular weight excluding hydrogens is 448 g/mol. The van der Waals surface area contributed by atoms with E-state index in [-0.39, 0.29) is 0 Å². The predicted molar refractivity (Wildman–Crippen MR) is 117 cm³/mol. The molecule has 3 rings (SSSR count). The standard InChI is InChI=1S/C24H16Br2/c25-17-23-7-3-1-5-21(23)15-13-19-9-11-20(12-10-19)14-16-22-6-2-4-8-24(22)18-26/h1-12H,17-18H2. The molecule has 0 unspecified atom stereocenters. The first-order valence-electron chi connectivity index (χ1n) is 8.22. The fourth-order valence-electron chi connectivity index (χ4n) is 2.43. The Morgan fingerprint density at radius 2 is 0.885 bits per heavy atom. The summed E-state index contributed by atoms with van der Waals surface area (Å²) in [7, 11) is 0. The molecule has 3 aromatic carbocycles. The molecule has 126 valence electrons. The highest BCUT2D eigenvalue weighted by molar-refractivity contribution is 9.08. The highest BCUT2D eigenvalue weighted by Crippen LogP contribution is 2.13. The molecule has 0 heterocycles. The number of hydrogen-bond acceptors (Lipinski definition) is 0. The van der Waals surface area contributed by atoms with Crippen LogP contribution >= 0.6 is 31.9 Å². The number of hydrogen-bond donors (Lipinski definition) is 0. The van der Waals surface area contributed by atoms with Crippen molar-refractivity contribution >= 4 is 31.9 Å². The van der Waals surface area contributed by atoms with Crippen molar-refractivity contribution in [1.29, 1.82) is 0 Å². The molecule has 0 fully saturated rings. The van der Waals surface area contributed by atoms with Crippen molar-refractivity contribution in [2.75, 3.05) is 0 Å². The van der Waals surface area contributed by atoms with Crippen LogP contribution in [0.3, 0.4) is 0 Å². The third kappa shape index (κ3) is 4.89. The summed E-state index contributed by atoms with van der Waals surface area (Å²) in [6.07, 6.45) is 0. The number of halogens is 2. The summed E-state index contributed by atoms with van der Waals surface area (Å²) in [5, 5.41) is 1.62. The number of rotatable bonds is 2. The Bertz CT molecular complexity index is 925. The maximum atomic E-state index is 3.50. The molecule has 0 radical (unpaired) electrons. The van der Waals surface area contributed by atoms with E-state index in [2.05, 4.69) is 67.7 Å². The van der Waals surface area contributed by atoms with Crippen LogP contribution in [0, 0.1) is 23.7 Å². The van der Waals surface area contributed by atoms with E-state index < -0.39 is 0 Å². The van der Waals surface area contributed by atoms with Gasteiger partial charge in [0.15, 0.2) is 0 Å². The summed E-state index contributed by atoms with van der Waals surface area (Å²) in [5.74, 6) is 13.0. The quantitative estimate of drug-likeness (QED) is 0.310. The van der Waals surface area contributed by atoms with E-state index >= 15 is 0 Å². The van der Waals surface area contributed by atoms with Gasteiger partial charge in [0.05, 0.1) is 0 Å². The first-order chi connectivity index (χ1) is 12.8. The van der Waals surface area contributed by atoms with Gasteiger partial charge in [0.25, 0.3) is 0 Å². The average Bonchev–Trinajstić information content (AvgIpc) is 2.72. The SMILES string of the molecule is BrCc1ccccc1C#Cc1ccc(C#Cc2ccccc2CBr)cc1. The Kier molecular flexibility index (Phi) is 6.73. The van der Waals surface area contributed by atoms with E-state index in [4.69, 9.17) is 0 Å². The normalized spacial score (nSPS) is 9.62. The number of alkyl halides is 2. The molecule has 0 atom stereocenters. The van der Waals surface area contributed by atoms with Gasteiger partial charge in [-0.1, -0.05) is 91.9 Å². The average molecular weight is 464 g/mol. The summed E-state index contributed by atoms with van der Waals surface area (Å²) < 4.78 is 0. The fourth-order valence-corrected chi connectivity index (χ4v) is 3.41. The van der Waals surface area contributed by atoms with Gasteiger partial charge >= 0.3 is 0 Å². The second-order valence-electron chi connectivity index (χ2n) is 5.66. The summed E-state index contributed by atoms with van der Waals surface area (Å²) in [6.45, 7) is 0. The van der Waals surface area contributed by atoms with Gasteiger partial charge in [-0.05, 0) is 47.5 Å². The van der Waals surface area contributed by atoms with Crippen LogP contribution in [0.4, 0.5) is 0 Å². The molecular formula is C24H16Br2. The van der Waals surface area contributed by atoms with Gasteiger partial charge in [0.1, 0.15) is 0 Å². The van der Waals surface area contributed by atoms with Crippen molar-refractivity contribution in [1.82, 2.24) is 0 Å². The molecule has 0 saturated carbocycles. The van der Waals surface area contributed by atoms with Crippen molar-refractivity contribution in [3.8, 4) is 23.7 Å². The fraction of sp³-hybridized carbons (Fsp3) is 0.0833. The minimum absolute atomic E-state index is 0.808. The molecule has 26 heavy (non-hydrogen) atoms. The lowest BCUT2D eigenvalue weighted by atomic mass is 10.1. The molecule has 3 aromatic rings. The topological polar surface area (TPSA) is 0 Å². The van der Waals surface area contributed by atoms with Crippen LogP contribution in [0.5, 0.6) is 0 Å². The molecule has 0 saturated heterocycles. The monoisotopic (exact) mass is 462 g/mol. The maximum absolute atomic E-state index is 3.50. The highest BCUT2D eigenvalue weighted by atomic mass is 79.9. The molecule has 0 bridgehead atoms. The first kappa shape index (κ1) is 18.5. The van der Waals surface area contributed by atoms with Crippen LogP contribution in [0.2, 0.25) is 0 Å². The van der Waals surface area contributed by atoms with Crippen LogP contribution in [-0.4, -0.2) is 0 Å². The third-order valence-electron chi connectivity index (χ3n) is 3.89. The van der Waals surface area contributed by atoms with Gasteiger partial charge in [-0.25, -0.2) is 0 Å². The molecule has 0 aromatic heterocycles. The van der Waals surface area contributed by atoms with Crippen molar-refractivity contribution < 1.29 is 0 Å². The molecule has 0 aliphatic rings. The lowest BCUT2D eigenvalue weighted by Crippen LogP contribution is -1.85. The molecule has 0 spiro atoms. The van der Waals surface area contributed by atoms with Crippen LogP contribution in [0.15, 0.2) is 72.8 Å². The van der Waals surface area contributed by atoms with E-state index in [0.29, 0.717) is 0 Å². The molecule has 0 N–H and O–H groups in total. The van der Waals surface area contributed by atoms with E-state index in [1.165, 1.54) is 11.1 Å². The van der Waals surface area contributed by atoms with Crippen molar-refractivity contribution in [2.45, 2.75) is 10.7 Å². The summed E-state index contributed by atoms with van der Waals surface area (Å²) in [5.41, 5.74) is 6.49. The molecule has 0 aliphatic heterocycles. The molecule has 0 nitrogen and oxygen atoms in total. The van der Waals surface area contributed by atoms with Gasteiger partial charge in [-0.15, -0.1) is 0 Å². The van der Waals surface area contributed by atoms with E-state index in [9.17, 15) is 0 Å². The van der Waals surface area contributed by atoms with Gasteiger partial charge in [-0.3, -0.25) is 0 Å². The molecule has 0 aliphatic carbocycles. The second kappa shape index (κ2) is 9.44. The Labute approximate surface area is 171 Å². The van der Waals surface area contributed by atoms with Crippen molar-refractivity contribution in [2.24, 2.45) is 0 Å². The lowest BCUT2D eigenvalue weighted by Gasteiger charge is -1.99. The maximum Gasteiger partial charge on any atom is 0.0295 e. The summed E-state index contributed by atoms with van der Waals surface area (Å²) in [6, 6.07) is 24.4. The Morgan fingerprint density at radius 3 is 1.27 bits per heavy atom. The summed E-state index contributed by atoms with van der Waals surface area (Å²) >= 11 is 7.01. The number of benzene rings is 3. The van der Waals surface area contributed by atoms with Crippen LogP contribution in [-0.2, 0) is 10.7 Å². The zero-order valence-electron chi connectivity index (χ0n) is 14.1. The van der Waals surface area contributed by atoms with Gasteiger partial charge < -0.3 is 0 Å². The van der Waals surface area contributed by atoms with E-state index in [1.807, 2.05) is 60.7 Å². The third-order valence-corrected chi connectivity index (χ3v) is 5.10. The van der Waals surface area contributed by atoms with Crippen molar-refractivity contribution in [3.63, 3.8) is 0 Å². The molecule has 2 heteroatoms. The van der Waals surface area contributed by atoms with Crippen LogP contribution < -0.4 is 0 Å². The minimum Gasteiger partial charge on any atom is -0.0876 e. The zero-order valence-corrected chi connectivity index (χ0v) is 17.3. The van der Waals surface area contributed by atoms with Crippen LogP contribution in [0.25, 0.3) is 0 Å². The van der Waals surface area contributed by atoms with Gasteiger partial charge in [-0.2, -0.15) is 0 Å². The highest BCUT2D eigenvalue weighted by Gasteiger charge is 1.97. The largest absolute Gasteiger partial charge is 0.0876 e. The second-order valence-corrected chi connectivity index (χ2v) is 6.78. The van der Waals surface area contributed by atoms with Crippen LogP contribution in [0.1, 0.15) is 33.4 Å². The van der Waals surface area contributed by atoms with Crippen molar-refractivity contribution in [3.05, 3.63) is 106 Å². The predicted octanol–water partition coefficient (Wildman–Crippen LogP) is 6.28. The van der Waals surface area contributed by atoms with Gasteiger partial charge in [0, 0.05) is 32.9 Å². The first-order valence-corrected chi connectivity index (χ1v) is 10.5. The molecule has 0 amide bonds. The zero-order chi connectivity index (χ0) is 18.2. The van der Waals surface area contributed by atoms with Gasteiger partial charge in [0.2, 0.25) is 0 Å². The smallest absolute Gasteiger partial charge is 0.0295 e. The lowest BCUT2D eigenvalue weighted by molar-refractivity contribution is 1.40. The Hall–Kier alpha value is -2.26. The summed E-state index contributed by atoms with van der Waals surface area (Å²) in [4.78, 5) is 0.